The molecular formula is C38H23N3OS. The number of para-hydroxylation sites is 4. The molecule has 0 atom stereocenters. The lowest BCUT2D eigenvalue weighted by Crippen LogP contribution is -2.16. The summed E-state index contributed by atoms with van der Waals surface area (Å²) in [6.45, 7) is 0. The molecule has 3 heterocycles. The molecule has 2 aromatic heterocycles. The molecule has 1 aliphatic rings. The van der Waals surface area contributed by atoms with Crippen molar-refractivity contribution in [2.45, 2.75) is 0 Å². The van der Waals surface area contributed by atoms with Crippen molar-refractivity contribution in [3.8, 4) is 33.2 Å². The van der Waals surface area contributed by atoms with Crippen LogP contribution in [0.1, 0.15) is 0 Å². The van der Waals surface area contributed by atoms with Crippen LogP contribution in [0.15, 0.2) is 140 Å². The fourth-order valence-electron chi connectivity index (χ4n) is 6.28. The molecule has 6 aromatic carbocycles. The average molecular weight is 570 g/mol. The fraction of sp³-hybridized carbons (Fsp3) is 0. The fourth-order valence-corrected chi connectivity index (χ4v) is 7.25. The molecule has 0 bridgehead atoms. The highest BCUT2D eigenvalue weighted by Gasteiger charge is 2.27. The van der Waals surface area contributed by atoms with Gasteiger partial charge < -0.3 is 9.64 Å². The summed E-state index contributed by atoms with van der Waals surface area (Å²) in [6.07, 6.45) is 1.80. The number of ether oxygens (including phenoxy) is 1. The molecule has 202 valence electrons. The molecule has 43 heavy (non-hydrogen) atoms. The molecule has 0 saturated heterocycles. The Morgan fingerprint density at radius 3 is 1.74 bits per heavy atom. The van der Waals surface area contributed by atoms with Crippen LogP contribution in [0, 0.1) is 0 Å². The highest BCUT2D eigenvalue weighted by atomic mass is 32.1. The first-order valence-corrected chi connectivity index (χ1v) is 15.1. The molecule has 0 fully saturated rings. The van der Waals surface area contributed by atoms with Crippen LogP contribution in [0.2, 0.25) is 0 Å². The van der Waals surface area contributed by atoms with Crippen molar-refractivity contribution in [1.29, 1.82) is 0 Å². The SMILES string of the molecule is c1ccc2c(c1)Oc1ccccc1N2c1ccc(-c2ccc(-c3nc4ncccc4s3)c3ccccc23)c2ccccc12. The Labute approximate surface area is 252 Å². The minimum absolute atomic E-state index is 0.795. The van der Waals surface area contributed by atoms with Crippen LogP contribution >= 0.6 is 11.3 Å². The average Bonchev–Trinajstić information content (AvgIpc) is 3.51. The van der Waals surface area contributed by atoms with Gasteiger partial charge in [0.05, 0.1) is 21.8 Å². The number of hydrogen-bond acceptors (Lipinski definition) is 5. The highest BCUT2D eigenvalue weighted by molar-refractivity contribution is 7.21. The summed E-state index contributed by atoms with van der Waals surface area (Å²) in [5.41, 5.74) is 7.49. The van der Waals surface area contributed by atoms with E-state index < -0.39 is 0 Å². The third-order valence-corrected chi connectivity index (χ3v) is 9.23. The Morgan fingerprint density at radius 1 is 0.488 bits per heavy atom. The minimum Gasteiger partial charge on any atom is -0.453 e. The van der Waals surface area contributed by atoms with Gasteiger partial charge in [-0.05, 0) is 69.8 Å². The molecule has 0 spiro atoms. The van der Waals surface area contributed by atoms with E-state index >= 15 is 0 Å². The van der Waals surface area contributed by atoms with Gasteiger partial charge in [0.2, 0.25) is 0 Å². The number of pyridine rings is 1. The van der Waals surface area contributed by atoms with Gasteiger partial charge in [0, 0.05) is 17.1 Å². The number of nitrogens with zero attached hydrogens (tertiary/aromatic N) is 3. The second-order valence-electron chi connectivity index (χ2n) is 10.6. The Bertz CT molecular complexity index is 2280. The number of rotatable bonds is 3. The molecule has 1 aliphatic heterocycles. The summed E-state index contributed by atoms with van der Waals surface area (Å²) in [4.78, 5) is 11.7. The number of anilines is 3. The van der Waals surface area contributed by atoms with Crippen LogP contribution in [0.5, 0.6) is 11.5 Å². The summed E-state index contributed by atoms with van der Waals surface area (Å²) < 4.78 is 7.40. The number of benzene rings is 6. The van der Waals surface area contributed by atoms with E-state index in [1.807, 2.05) is 30.3 Å². The van der Waals surface area contributed by atoms with Gasteiger partial charge in [0.15, 0.2) is 17.1 Å². The van der Waals surface area contributed by atoms with E-state index in [1.165, 1.54) is 32.7 Å². The number of aromatic nitrogens is 2. The summed E-state index contributed by atoms with van der Waals surface area (Å²) in [5, 5.41) is 5.75. The van der Waals surface area contributed by atoms with Gasteiger partial charge in [-0.25, -0.2) is 9.97 Å². The van der Waals surface area contributed by atoms with Crippen molar-refractivity contribution in [2.75, 3.05) is 4.90 Å². The van der Waals surface area contributed by atoms with E-state index in [4.69, 9.17) is 9.72 Å². The van der Waals surface area contributed by atoms with Crippen molar-refractivity contribution in [1.82, 2.24) is 9.97 Å². The Balaban J connectivity index is 1.26. The van der Waals surface area contributed by atoms with E-state index in [1.54, 1.807) is 17.5 Å². The van der Waals surface area contributed by atoms with Gasteiger partial charge >= 0.3 is 0 Å². The summed E-state index contributed by atoms with van der Waals surface area (Å²) in [5.74, 6) is 1.70. The summed E-state index contributed by atoms with van der Waals surface area (Å²) in [7, 11) is 0. The number of fused-ring (bicyclic) bond motifs is 5. The van der Waals surface area contributed by atoms with Crippen LogP contribution in [-0.2, 0) is 0 Å². The molecule has 0 aliphatic carbocycles. The maximum absolute atomic E-state index is 6.30. The van der Waals surface area contributed by atoms with Crippen molar-refractivity contribution < 1.29 is 4.74 Å². The minimum atomic E-state index is 0.795. The topological polar surface area (TPSA) is 38.2 Å². The quantitative estimate of drug-likeness (QED) is 0.212. The van der Waals surface area contributed by atoms with E-state index in [-0.39, 0.29) is 0 Å². The van der Waals surface area contributed by atoms with Crippen LogP contribution < -0.4 is 9.64 Å². The van der Waals surface area contributed by atoms with Gasteiger partial charge in [-0.1, -0.05) is 91.0 Å². The zero-order valence-electron chi connectivity index (χ0n) is 22.9. The molecule has 4 nitrogen and oxygen atoms in total. The standard InChI is InChI=1S/C38H23N3OS/c1-2-12-26-24(10-1)27(19-20-30(26)38-40-37-36(43-38)18-9-23-39-37)28-21-22-31(29-13-4-3-11-25(28)29)41-32-14-5-7-16-34(32)42-35-17-8-6-15-33(35)41/h1-23H. The van der Waals surface area contributed by atoms with Crippen molar-refractivity contribution in [2.24, 2.45) is 0 Å². The van der Waals surface area contributed by atoms with Crippen molar-refractivity contribution >= 4 is 60.3 Å². The molecule has 8 aromatic rings. The third-order valence-electron chi connectivity index (χ3n) is 8.18. The van der Waals surface area contributed by atoms with E-state index in [0.717, 1.165) is 49.5 Å². The Morgan fingerprint density at radius 2 is 1.05 bits per heavy atom. The maximum Gasteiger partial charge on any atom is 0.170 e. The second kappa shape index (κ2) is 9.51. The van der Waals surface area contributed by atoms with E-state index in [2.05, 4.69) is 113 Å². The van der Waals surface area contributed by atoms with E-state index in [9.17, 15) is 0 Å². The Hall–Kier alpha value is -5.52. The highest BCUT2D eigenvalue weighted by Crippen LogP contribution is 2.52. The molecular weight excluding hydrogens is 547 g/mol. The van der Waals surface area contributed by atoms with Gasteiger partial charge in [-0.15, -0.1) is 11.3 Å². The zero-order valence-corrected chi connectivity index (χ0v) is 23.8. The van der Waals surface area contributed by atoms with Crippen molar-refractivity contribution in [3.63, 3.8) is 0 Å². The lowest BCUT2D eigenvalue weighted by Gasteiger charge is -2.33. The summed E-state index contributed by atoms with van der Waals surface area (Å²) in [6, 6.07) is 46.8. The molecule has 0 radical (unpaired) electrons. The van der Waals surface area contributed by atoms with Crippen molar-refractivity contribution in [3.05, 3.63) is 140 Å². The largest absolute Gasteiger partial charge is 0.453 e. The van der Waals surface area contributed by atoms with Gasteiger partial charge in [0.25, 0.3) is 0 Å². The maximum atomic E-state index is 6.30. The molecule has 0 N–H and O–H groups in total. The normalized spacial score (nSPS) is 12.3. The Kier molecular flexibility index (Phi) is 5.33. The smallest absolute Gasteiger partial charge is 0.170 e. The first-order chi connectivity index (χ1) is 21.3. The van der Waals surface area contributed by atoms with Crippen LogP contribution in [0.3, 0.4) is 0 Å². The summed E-state index contributed by atoms with van der Waals surface area (Å²) >= 11 is 1.69. The van der Waals surface area contributed by atoms with Crippen LogP contribution in [0.25, 0.3) is 53.6 Å². The first kappa shape index (κ1) is 24.1. The van der Waals surface area contributed by atoms with Gasteiger partial charge in [0.1, 0.15) is 5.01 Å². The zero-order chi connectivity index (χ0) is 28.3. The molecule has 0 amide bonds. The predicted molar refractivity (Wildman–Crippen MR) is 178 cm³/mol. The molecule has 5 heteroatoms. The first-order valence-electron chi connectivity index (χ1n) is 14.3. The third kappa shape index (κ3) is 3.75. The molecule has 9 rings (SSSR count). The second-order valence-corrected chi connectivity index (χ2v) is 11.6. The lowest BCUT2D eigenvalue weighted by molar-refractivity contribution is 0.477. The predicted octanol–water partition coefficient (Wildman–Crippen LogP) is 10.9. The molecule has 0 unspecified atom stereocenters. The number of hydrogen-bond donors (Lipinski definition) is 0. The van der Waals surface area contributed by atoms with Crippen LogP contribution in [-0.4, -0.2) is 9.97 Å². The molecule has 0 saturated carbocycles. The monoisotopic (exact) mass is 569 g/mol. The van der Waals surface area contributed by atoms with Gasteiger partial charge in [-0.2, -0.15) is 0 Å². The van der Waals surface area contributed by atoms with E-state index in [0.29, 0.717) is 0 Å². The number of thiazole rings is 1. The van der Waals surface area contributed by atoms with Gasteiger partial charge in [-0.3, -0.25) is 0 Å². The van der Waals surface area contributed by atoms with Crippen LogP contribution in [0.4, 0.5) is 17.1 Å². The lowest BCUT2D eigenvalue weighted by atomic mass is 9.91.